The van der Waals surface area contributed by atoms with Crippen molar-refractivity contribution in [3.8, 4) is 22.8 Å². The van der Waals surface area contributed by atoms with E-state index in [9.17, 15) is 9.90 Å². The number of ether oxygens (including phenoxy) is 3. The van der Waals surface area contributed by atoms with Gasteiger partial charge in [0.05, 0.1) is 6.54 Å². The Balaban J connectivity index is 1.35. The molecule has 1 heterocycles. The molecule has 0 bridgehead atoms. The summed E-state index contributed by atoms with van der Waals surface area (Å²) in [7, 11) is 0. The van der Waals surface area contributed by atoms with E-state index in [1.54, 1.807) is 6.92 Å². The van der Waals surface area contributed by atoms with Gasteiger partial charge in [-0.15, -0.1) is 0 Å². The van der Waals surface area contributed by atoms with Crippen LogP contribution in [0.15, 0.2) is 91.0 Å². The number of nitrogens with zero attached hydrogens (tertiary/aromatic N) is 1. The lowest BCUT2D eigenvalue weighted by atomic mass is 10.1. The Kier molecular flexibility index (Phi) is 9.00. The standard InChI is InChI=1S/C31H33NO5/c1-3-35-30(31(33)34)20-24-13-15-27(16-14-24)36-19-18-32-23(2)12-17-29(32)26-10-7-11-28(21-26)37-22-25-8-5-4-6-9-25/h4-17,21,30H,3,18-20,22H2,1-2H3,(H,33,34). The first kappa shape index (κ1) is 26.0. The van der Waals surface area contributed by atoms with Crippen molar-refractivity contribution < 1.29 is 24.1 Å². The Morgan fingerprint density at radius 3 is 2.38 bits per heavy atom. The molecule has 6 heteroatoms. The highest BCUT2D eigenvalue weighted by Crippen LogP contribution is 2.27. The molecule has 1 N–H and O–H groups in total. The van der Waals surface area contributed by atoms with Crippen molar-refractivity contribution >= 4 is 5.97 Å². The van der Waals surface area contributed by atoms with Crippen LogP contribution in [-0.4, -0.2) is 35.0 Å². The van der Waals surface area contributed by atoms with Crippen molar-refractivity contribution in [2.24, 2.45) is 0 Å². The van der Waals surface area contributed by atoms with Crippen LogP contribution in [0.5, 0.6) is 11.5 Å². The van der Waals surface area contributed by atoms with Crippen LogP contribution in [-0.2, 0) is 29.1 Å². The fourth-order valence-electron chi connectivity index (χ4n) is 4.21. The second kappa shape index (κ2) is 12.8. The topological polar surface area (TPSA) is 69.9 Å². The first-order valence-corrected chi connectivity index (χ1v) is 12.5. The predicted molar refractivity (Wildman–Crippen MR) is 144 cm³/mol. The SMILES string of the molecule is CCOC(Cc1ccc(OCCn2c(C)ccc2-c2cccc(OCc3ccccc3)c2)cc1)C(=O)O. The van der Waals surface area contributed by atoms with E-state index in [1.807, 2.05) is 54.6 Å². The molecule has 0 aliphatic heterocycles. The van der Waals surface area contributed by atoms with Gasteiger partial charge in [0.15, 0.2) is 6.10 Å². The Labute approximate surface area is 218 Å². The maximum Gasteiger partial charge on any atom is 0.333 e. The second-order valence-corrected chi connectivity index (χ2v) is 8.79. The average Bonchev–Trinajstić information content (AvgIpc) is 3.29. The molecule has 1 aromatic heterocycles. The van der Waals surface area contributed by atoms with Crippen LogP contribution in [0.25, 0.3) is 11.3 Å². The van der Waals surface area contributed by atoms with E-state index in [4.69, 9.17) is 14.2 Å². The zero-order valence-corrected chi connectivity index (χ0v) is 21.3. The quantitative estimate of drug-likeness (QED) is 0.239. The number of aryl methyl sites for hydroxylation is 1. The van der Waals surface area contributed by atoms with E-state index in [0.717, 1.165) is 39.6 Å². The number of aromatic nitrogens is 1. The Morgan fingerprint density at radius 1 is 0.865 bits per heavy atom. The van der Waals surface area contributed by atoms with Gasteiger partial charge in [-0.25, -0.2) is 4.79 Å². The van der Waals surface area contributed by atoms with Gasteiger partial charge in [0.1, 0.15) is 24.7 Å². The Hall–Kier alpha value is -4.03. The number of carboxylic acid groups (broad SMARTS) is 1. The monoisotopic (exact) mass is 499 g/mol. The molecule has 0 spiro atoms. The van der Waals surface area contributed by atoms with E-state index in [-0.39, 0.29) is 0 Å². The largest absolute Gasteiger partial charge is 0.492 e. The van der Waals surface area contributed by atoms with Gasteiger partial charge in [-0.3, -0.25) is 0 Å². The van der Waals surface area contributed by atoms with E-state index in [0.29, 0.717) is 32.8 Å². The number of benzene rings is 3. The lowest BCUT2D eigenvalue weighted by molar-refractivity contribution is -0.149. The van der Waals surface area contributed by atoms with Crippen molar-refractivity contribution in [3.63, 3.8) is 0 Å². The maximum absolute atomic E-state index is 11.3. The third-order valence-corrected chi connectivity index (χ3v) is 6.15. The van der Waals surface area contributed by atoms with Crippen LogP contribution >= 0.6 is 0 Å². The normalized spacial score (nSPS) is 11.7. The molecular weight excluding hydrogens is 466 g/mol. The molecule has 1 atom stereocenters. The Bertz CT molecular complexity index is 1280. The fourth-order valence-corrected chi connectivity index (χ4v) is 4.21. The molecule has 3 aromatic carbocycles. The summed E-state index contributed by atoms with van der Waals surface area (Å²) >= 11 is 0. The highest BCUT2D eigenvalue weighted by atomic mass is 16.5. The second-order valence-electron chi connectivity index (χ2n) is 8.79. The summed E-state index contributed by atoms with van der Waals surface area (Å²) in [6, 6.07) is 30.0. The number of hydrogen-bond donors (Lipinski definition) is 1. The van der Waals surface area contributed by atoms with Crippen LogP contribution in [0, 0.1) is 6.92 Å². The van der Waals surface area contributed by atoms with Crippen LogP contribution in [0.3, 0.4) is 0 Å². The number of carboxylic acids is 1. The smallest absolute Gasteiger partial charge is 0.333 e. The fraction of sp³-hybridized carbons (Fsp3) is 0.258. The lowest BCUT2D eigenvalue weighted by Gasteiger charge is -2.15. The molecule has 0 saturated carbocycles. The number of carbonyl (C=O) groups is 1. The lowest BCUT2D eigenvalue weighted by Crippen LogP contribution is -2.26. The van der Waals surface area contributed by atoms with Gasteiger partial charge < -0.3 is 23.9 Å². The minimum atomic E-state index is -0.951. The van der Waals surface area contributed by atoms with Crippen LogP contribution in [0.4, 0.5) is 0 Å². The first-order chi connectivity index (χ1) is 18.0. The summed E-state index contributed by atoms with van der Waals surface area (Å²) in [6.45, 7) is 5.97. The minimum Gasteiger partial charge on any atom is -0.492 e. The summed E-state index contributed by atoms with van der Waals surface area (Å²) in [4.78, 5) is 11.3. The van der Waals surface area contributed by atoms with Gasteiger partial charge in [0.2, 0.25) is 0 Å². The van der Waals surface area contributed by atoms with Gasteiger partial charge >= 0.3 is 5.97 Å². The van der Waals surface area contributed by atoms with Crippen LogP contribution in [0.1, 0.15) is 23.7 Å². The molecule has 0 saturated heterocycles. The molecule has 0 amide bonds. The zero-order valence-electron chi connectivity index (χ0n) is 21.3. The van der Waals surface area contributed by atoms with Gasteiger partial charge in [0, 0.05) is 30.0 Å². The molecule has 192 valence electrons. The Morgan fingerprint density at radius 2 is 1.65 bits per heavy atom. The summed E-state index contributed by atoms with van der Waals surface area (Å²) in [5.41, 5.74) is 5.38. The van der Waals surface area contributed by atoms with E-state index >= 15 is 0 Å². The van der Waals surface area contributed by atoms with Crippen molar-refractivity contribution in [3.05, 3.63) is 108 Å². The molecule has 0 aliphatic carbocycles. The van der Waals surface area contributed by atoms with E-state index in [1.165, 1.54) is 0 Å². The number of rotatable bonds is 13. The third-order valence-electron chi connectivity index (χ3n) is 6.15. The molecule has 4 aromatic rings. The molecular formula is C31H33NO5. The molecule has 37 heavy (non-hydrogen) atoms. The maximum atomic E-state index is 11.3. The van der Waals surface area contributed by atoms with Crippen molar-refractivity contribution in [2.45, 2.75) is 39.5 Å². The highest BCUT2D eigenvalue weighted by molar-refractivity contribution is 5.72. The highest BCUT2D eigenvalue weighted by Gasteiger charge is 2.18. The number of aliphatic carboxylic acids is 1. The molecule has 6 nitrogen and oxygen atoms in total. The summed E-state index contributed by atoms with van der Waals surface area (Å²) in [5, 5.41) is 9.28. The molecule has 0 radical (unpaired) electrons. The van der Waals surface area contributed by atoms with Crippen LogP contribution < -0.4 is 9.47 Å². The van der Waals surface area contributed by atoms with Gasteiger partial charge in [-0.05, 0) is 61.4 Å². The van der Waals surface area contributed by atoms with Gasteiger partial charge in [-0.2, -0.15) is 0 Å². The van der Waals surface area contributed by atoms with E-state index in [2.05, 4.69) is 47.9 Å². The molecule has 4 rings (SSSR count). The summed E-state index contributed by atoms with van der Waals surface area (Å²) < 4.78 is 19.6. The predicted octanol–water partition coefficient (Wildman–Crippen LogP) is 6.15. The van der Waals surface area contributed by atoms with Gasteiger partial charge in [-0.1, -0.05) is 54.6 Å². The number of hydrogen-bond acceptors (Lipinski definition) is 4. The van der Waals surface area contributed by atoms with E-state index < -0.39 is 12.1 Å². The summed E-state index contributed by atoms with van der Waals surface area (Å²) in [6.07, 6.45) is -0.516. The molecule has 1 unspecified atom stereocenters. The zero-order chi connectivity index (χ0) is 26.0. The third kappa shape index (κ3) is 7.24. The minimum absolute atomic E-state index is 0.323. The van der Waals surface area contributed by atoms with Crippen molar-refractivity contribution in [2.75, 3.05) is 13.2 Å². The van der Waals surface area contributed by atoms with Gasteiger partial charge in [0.25, 0.3) is 0 Å². The molecule has 0 aliphatic rings. The first-order valence-electron chi connectivity index (χ1n) is 12.5. The van der Waals surface area contributed by atoms with Crippen LogP contribution in [0.2, 0.25) is 0 Å². The summed E-state index contributed by atoms with van der Waals surface area (Å²) in [5.74, 6) is 0.626. The van der Waals surface area contributed by atoms with Crippen molar-refractivity contribution in [1.29, 1.82) is 0 Å². The molecule has 0 fully saturated rings. The average molecular weight is 500 g/mol. The van der Waals surface area contributed by atoms with Crippen molar-refractivity contribution in [1.82, 2.24) is 4.57 Å².